The zero-order valence-electron chi connectivity index (χ0n) is 9.70. The molecule has 1 unspecified atom stereocenters. The van der Waals surface area contributed by atoms with Gasteiger partial charge in [0.2, 0.25) is 5.91 Å². The Bertz CT molecular complexity index is 201. The van der Waals surface area contributed by atoms with Gasteiger partial charge in [-0.15, -0.1) is 0 Å². The van der Waals surface area contributed by atoms with Crippen molar-refractivity contribution in [3.63, 3.8) is 0 Å². The number of hydrogen-bond acceptors (Lipinski definition) is 3. The first-order chi connectivity index (χ1) is 7.15. The first-order valence-electron chi connectivity index (χ1n) is 5.78. The molecule has 1 atom stereocenters. The second-order valence-electron chi connectivity index (χ2n) is 4.46. The summed E-state index contributed by atoms with van der Waals surface area (Å²) in [5.74, 6) is 0.149. The van der Waals surface area contributed by atoms with Crippen LogP contribution in [0.5, 0.6) is 0 Å². The molecule has 4 nitrogen and oxygen atoms in total. The van der Waals surface area contributed by atoms with Crippen LogP contribution in [-0.4, -0.2) is 48.2 Å². The molecule has 1 heterocycles. The molecule has 0 saturated carbocycles. The molecule has 88 valence electrons. The van der Waals surface area contributed by atoms with Crippen molar-refractivity contribution in [2.24, 2.45) is 5.92 Å². The van der Waals surface area contributed by atoms with Gasteiger partial charge in [-0.2, -0.15) is 0 Å². The number of aliphatic hydroxyl groups excluding tert-OH is 1. The smallest absolute Gasteiger partial charge is 0.225 e. The summed E-state index contributed by atoms with van der Waals surface area (Å²) in [6, 6.07) is 0.416. The van der Waals surface area contributed by atoms with Gasteiger partial charge in [0.15, 0.2) is 0 Å². The first kappa shape index (κ1) is 12.5. The quantitative estimate of drug-likeness (QED) is 0.688. The van der Waals surface area contributed by atoms with Gasteiger partial charge in [0.1, 0.15) is 0 Å². The van der Waals surface area contributed by atoms with Crippen LogP contribution >= 0.6 is 0 Å². The van der Waals surface area contributed by atoms with Crippen molar-refractivity contribution in [1.82, 2.24) is 10.2 Å². The predicted octanol–water partition coefficient (Wildman–Crippen LogP) is 0.215. The zero-order valence-corrected chi connectivity index (χ0v) is 9.70. The Morgan fingerprint density at radius 2 is 2.33 bits per heavy atom. The molecule has 1 fully saturated rings. The van der Waals surface area contributed by atoms with E-state index in [0.717, 1.165) is 19.5 Å². The number of carbonyl (C=O) groups excluding carboxylic acids is 1. The number of amides is 1. The minimum Gasteiger partial charge on any atom is -0.395 e. The lowest BCUT2D eigenvalue weighted by atomic mass is 10.1. The Morgan fingerprint density at radius 1 is 1.60 bits per heavy atom. The van der Waals surface area contributed by atoms with Crippen molar-refractivity contribution < 1.29 is 9.90 Å². The van der Waals surface area contributed by atoms with E-state index < -0.39 is 0 Å². The zero-order chi connectivity index (χ0) is 11.3. The highest BCUT2D eigenvalue weighted by Crippen LogP contribution is 2.09. The molecule has 2 N–H and O–H groups in total. The molecule has 0 aromatic rings. The molecule has 0 bridgehead atoms. The van der Waals surface area contributed by atoms with Crippen molar-refractivity contribution >= 4 is 5.91 Å². The largest absolute Gasteiger partial charge is 0.395 e. The van der Waals surface area contributed by atoms with E-state index in [4.69, 9.17) is 5.11 Å². The van der Waals surface area contributed by atoms with Gasteiger partial charge >= 0.3 is 0 Å². The van der Waals surface area contributed by atoms with E-state index >= 15 is 0 Å². The van der Waals surface area contributed by atoms with E-state index in [1.165, 1.54) is 6.42 Å². The summed E-state index contributed by atoms with van der Waals surface area (Å²) in [7, 11) is 0. The molecule has 1 aliphatic rings. The normalized spacial score (nSPS) is 20.9. The molecule has 1 amide bonds. The third kappa shape index (κ3) is 3.80. The lowest BCUT2D eigenvalue weighted by Crippen LogP contribution is -2.44. The molecular formula is C11H22N2O2. The summed E-state index contributed by atoms with van der Waals surface area (Å²) in [6.07, 6.45) is 2.32. The number of aliphatic hydroxyl groups is 1. The lowest BCUT2D eigenvalue weighted by Gasteiger charge is -2.26. The Morgan fingerprint density at radius 3 is 2.80 bits per heavy atom. The number of nitrogens with zero attached hydrogens (tertiary/aromatic N) is 1. The van der Waals surface area contributed by atoms with E-state index in [-0.39, 0.29) is 18.4 Å². The lowest BCUT2D eigenvalue weighted by molar-refractivity contribution is -0.135. The molecule has 0 aromatic carbocycles. The summed E-state index contributed by atoms with van der Waals surface area (Å²) in [4.78, 5) is 13.6. The van der Waals surface area contributed by atoms with Gasteiger partial charge < -0.3 is 15.3 Å². The Balaban J connectivity index is 2.45. The van der Waals surface area contributed by atoms with E-state index in [1.54, 1.807) is 4.90 Å². The molecule has 15 heavy (non-hydrogen) atoms. The van der Waals surface area contributed by atoms with Crippen molar-refractivity contribution in [1.29, 1.82) is 0 Å². The van der Waals surface area contributed by atoms with Crippen LogP contribution in [0.1, 0.15) is 26.7 Å². The van der Waals surface area contributed by atoms with Crippen LogP contribution in [0.25, 0.3) is 0 Å². The van der Waals surface area contributed by atoms with Crippen molar-refractivity contribution in [2.45, 2.75) is 32.7 Å². The molecule has 4 heteroatoms. The maximum atomic E-state index is 11.8. The van der Waals surface area contributed by atoms with Gasteiger partial charge in [0.05, 0.1) is 6.61 Å². The van der Waals surface area contributed by atoms with E-state index in [0.29, 0.717) is 12.6 Å². The fourth-order valence-corrected chi connectivity index (χ4v) is 1.96. The molecule has 1 rings (SSSR count). The van der Waals surface area contributed by atoms with Crippen LogP contribution in [0, 0.1) is 5.92 Å². The number of carbonyl (C=O) groups is 1. The summed E-state index contributed by atoms with van der Waals surface area (Å²) < 4.78 is 0. The summed E-state index contributed by atoms with van der Waals surface area (Å²) in [6.45, 7) is 6.08. The highest BCUT2D eigenvalue weighted by atomic mass is 16.3. The van der Waals surface area contributed by atoms with Gasteiger partial charge in [0.25, 0.3) is 0 Å². The van der Waals surface area contributed by atoms with Gasteiger partial charge in [-0.05, 0) is 19.4 Å². The summed E-state index contributed by atoms with van der Waals surface area (Å²) >= 11 is 0. The highest BCUT2D eigenvalue weighted by Gasteiger charge is 2.22. The molecule has 0 aliphatic carbocycles. The number of nitrogens with one attached hydrogen (secondary N) is 1. The van der Waals surface area contributed by atoms with Crippen molar-refractivity contribution in [3.05, 3.63) is 0 Å². The maximum Gasteiger partial charge on any atom is 0.225 e. The number of hydrogen-bond donors (Lipinski definition) is 2. The van der Waals surface area contributed by atoms with Gasteiger partial charge in [-0.1, -0.05) is 13.8 Å². The van der Waals surface area contributed by atoms with Crippen molar-refractivity contribution in [3.8, 4) is 0 Å². The molecule has 0 aromatic heterocycles. The van der Waals surface area contributed by atoms with E-state index in [1.807, 2.05) is 13.8 Å². The first-order valence-corrected chi connectivity index (χ1v) is 5.78. The van der Waals surface area contributed by atoms with Gasteiger partial charge in [-0.25, -0.2) is 0 Å². The van der Waals surface area contributed by atoms with Gasteiger partial charge in [0, 0.05) is 25.0 Å². The number of rotatable bonds is 5. The molecular weight excluding hydrogens is 192 g/mol. The second-order valence-corrected chi connectivity index (χ2v) is 4.46. The van der Waals surface area contributed by atoms with E-state index in [2.05, 4.69) is 5.32 Å². The van der Waals surface area contributed by atoms with Crippen LogP contribution in [0.4, 0.5) is 0 Å². The molecule has 0 spiro atoms. The van der Waals surface area contributed by atoms with Crippen LogP contribution in [0.3, 0.4) is 0 Å². The predicted molar refractivity (Wildman–Crippen MR) is 59.5 cm³/mol. The Labute approximate surface area is 91.6 Å². The SMILES string of the molecule is CC(C)C(=O)N(CCO)CC1CCCN1. The average Bonchev–Trinajstić information content (AvgIpc) is 2.68. The fourth-order valence-electron chi connectivity index (χ4n) is 1.96. The minimum absolute atomic E-state index is 0.0120. The molecule has 1 saturated heterocycles. The average molecular weight is 214 g/mol. The summed E-state index contributed by atoms with van der Waals surface area (Å²) in [5.41, 5.74) is 0. The van der Waals surface area contributed by atoms with Crippen LogP contribution in [0.2, 0.25) is 0 Å². The van der Waals surface area contributed by atoms with Crippen LogP contribution in [-0.2, 0) is 4.79 Å². The third-order valence-corrected chi connectivity index (χ3v) is 2.78. The molecule has 0 radical (unpaired) electrons. The van der Waals surface area contributed by atoms with Crippen LogP contribution in [0.15, 0.2) is 0 Å². The topological polar surface area (TPSA) is 52.6 Å². The van der Waals surface area contributed by atoms with Gasteiger partial charge in [-0.3, -0.25) is 4.79 Å². The third-order valence-electron chi connectivity index (χ3n) is 2.78. The molecule has 1 aliphatic heterocycles. The maximum absolute atomic E-state index is 11.8. The second kappa shape index (κ2) is 6.08. The Hall–Kier alpha value is -0.610. The Kier molecular flexibility index (Phi) is 5.05. The monoisotopic (exact) mass is 214 g/mol. The summed E-state index contributed by atoms with van der Waals surface area (Å²) in [5, 5.41) is 12.3. The van der Waals surface area contributed by atoms with Crippen molar-refractivity contribution in [2.75, 3.05) is 26.2 Å². The van der Waals surface area contributed by atoms with Crippen LogP contribution < -0.4 is 5.32 Å². The highest BCUT2D eigenvalue weighted by molar-refractivity contribution is 5.78. The van der Waals surface area contributed by atoms with E-state index in [9.17, 15) is 4.79 Å². The fraction of sp³-hybridized carbons (Fsp3) is 0.909. The standard InChI is InChI=1S/C11H22N2O2/c1-9(2)11(15)13(6-7-14)8-10-4-3-5-12-10/h9-10,12,14H,3-8H2,1-2H3. The minimum atomic E-state index is 0.0120.